The van der Waals surface area contributed by atoms with Crippen molar-refractivity contribution in [2.75, 3.05) is 19.7 Å². The molecule has 0 fully saturated rings. The third-order valence-electron chi connectivity index (χ3n) is 2.33. The van der Waals surface area contributed by atoms with Crippen molar-refractivity contribution in [2.24, 2.45) is 16.1 Å². The molecule has 0 amide bonds. The van der Waals surface area contributed by atoms with Gasteiger partial charge in [-0.25, -0.2) is 0 Å². The number of carbonyl (C=O) groups is 1. The van der Waals surface area contributed by atoms with Crippen molar-refractivity contribution in [3.63, 3.8) is 0 Å². The number of nitrogens with zero attached hydrogens (tertiary/aromatic N) is 1. The summed E-state index contributed by atoms with van der Waals surface area (Å²) in [5.74, 6) is -0.242. The molecule has 0 atom stereocenters. The summed E-state index contributed by atoms with van der Waals surface area (Å²) in [5.41, 5.74) is 5.24. The van der Waals surface area contributed by atoms with Crippen LogP contribution in [-0.2, 0) is 9.53 Å². The quantitative estimate of drug-likeness (QED) is 0.383. The van der Waals surface area contributed by atoms with Crippen LogP contribution in [-0.4, -0.2) is 31.9 Å². The molecule has 0 aromatic rings. The van der Waals surface area contributed by atoms with E-state index >= 15 is 0 Å². The van der Waals surface area contributed by atoms with Crippen LogP contribution in [0.5, 0.6) is 0 Å². The van der Waals surface area contributed by atoms with Crippen LogP contribution in [0.1, 0.15) is 46.5 Å². The van der Waals surface area contributed by atoms with E-state index in [1.807, 2.05) is 20.1 Å². The van der Waals surface area contributed by atoms with Crippen LogP contribution in [0, 0.1) is 5.41 Å². The molecule has 4 nitrogen and oxygen atoms in total. The number of hydrogen-bond donors (Lipinski definition) is 1. The van der Waals surface area contributed by atoms with Crippen LogP contribution in [0.25, 0.3) is 0 Å². The molecule has 0 saturated heterocycles. The minimum Gasteiger partial charge on any atom is -0.465 e. The van der Waals surface area contributed by atoms with Crippen LogP contribution in [0.4, 0.5) is 0 Å². The lowest BCUT2D eigenvalue weighted by Gasteiger charge is -2.18. The molecule has 0 aliphatic rings. The smallest absolute Gasteiger partial charge is 0.302 e. The van der Waals surface area contributed by atoms with Gasteiger partial charge in [0.25, 0.3) is 0 Å². The molecule has 0 bridgehead atoms. The number of ether oxygens (including phenoxy) is 1. The highest BCUT2D eigenvalue weighted by Gasteiger charge is 2.16. The summed E-state index contributed by atoms with van der Waals surface area (Å²) in [7, 11) is 0. The molecule has 17 heavy (non-hydrogen) atoms. The Hall–Kier alpha value is -0.900. The zero-order valence-electron chi connectivity index (χ0n) is 11.4. The maximum atomic E-state index is 10.7. The monoisotopic (exact) mass is 242 g/mol. The first-order chi connectivity index (χ1) is 7.98. The average molecular weight is 242 g/mol. The Balaban J connectivity index is 3.63. The van der Waals surface area contributed by atoms with Crippen molar-refractivity contribution in [2.45, 2.75) is 46.5 Å². The van der Waals surface area contributed by atoms with Gasteiger partial charge in [0.15, 0.2) is 0 Å². The van der Waals surface area contributed by atoms with Crippen molar-refractivity contribution in [3.8, 4) is 0 Å². The van der Waals surface area contributed by atoms with E-state index in [1.165, 1.54) is 19.8 Å². The third-order valence-corrected chi connectivity index (χ3v) is 2.33. The van der Waals surface area contributed by atoms with Gasteiger partial charge in [0.05, 0.1) is 0 Å². The maximum absolute atomic E-state index is 10.7. The second-order valence-electron chi connectivity index (χ2n) is 5.01. The van der Waals surface area contributed by atoms with E-state index < -0.39 is 0 Å². The number of unbranched alkanes of at least 4 members (excludes halogenated alkanes) is 3. The van der Waals surface area contributed by atoms with Gasteiger partial charge in [-0.3, -0.25) is 9.79 Å². The summed E-state index contributed by atoms with van der Waals surface area (Å²) >= 11 is 0. The molecule has 0 unspecified atom stereocenters. The van der Waals surface area contributed by atoms with Crippen LogP contribution >= 0.6 is 0 Å². The number of rotatable bonds is 9. The second-order valence-corrected chi connectivity index (χ2v) is 5.01. The summed E-state index contributed by atoms with van der Waals surface area (Å²) in [5, 5.41) is 0. The first-order valence-electron chi connectivity index (χ1n) is 6.32. The Morgan fingerprint density at radius 3 is 2.53 bits per heavy atom. The Morgan fingerprint density at radius 1 is 1.29 bits per heavy atom. The van der Waals surface area contributed by atoms with E-state index in [0.717, 1.165) is 25.9 Å². The molecule has 0 radical (unpaired) electrons. The number of carbonyl (C=O) groups excluding carboxylic acids is 1. The fourth-order valence-corrected chi connectivity index (χ4v) is 1.34. The third kappa shape index (κ3) is 11.4. The molecule has 4 heteroatoms. The summed E-state index contributed by atoms with van der Waals surface area (Å²) < 4.78 is 4.97. The van der Waals surface area contributed by atoms with Crippen molar-refractivity contribution in [3.05, 3.63) is 0 Å². The minimum absolute atomic E-state index is 0.178. The highest BCUT2D eigenvalue weighted by molar-refractivity contribution is 5.68. The highest BCUT2D eigenvalue weighted by Crippen LogP contribution is 2.12. The second kappa shape index (κ2) is 9.16. The first-order valence-corrected chi connectivity index (χ1v) is 6.32. The lowest BCUT2D eigenvalue weighted by Crippen LogP contribution is -2.22. The molecule has 0 rings (SSSR count). The molecule has 0 aliphatic heterocycles. The Morgan fingerprint density at radius 2 is 1.94 bits per heavy atom. The van der Waals surface area contributed by atoms with Gasteiger partial charge < -0.3 is 10.5 Å². The van der Waals surface area contributed by atoms with Gasteiger partial charge in [0, 0.05) is 25.1 Å². The Bertz CT molecular complexity index is 238. The lowest BCUT2D eigenvalue weighted by molar-refractivity contribution is -0.142. The number of hydrogen-bond acceptors (Lipinski definition) is 4. The molecular formula is C13H26N2O2. The van der Waals surface area contributed by atoms with E-state index in [4.69, 9.17) is 10.5 Å². The van der Waals surface area contributed by atoms with Crippen LogP contribution in [0.15, 0.2) is 4.99 Å². The predicted molar refractivity (Wildman–Crippen MR) is 71.3 cm³/mol. The average Bonchev–Trinajstić information content (AvgIpc) is 2.25. The van der Waals surface area contributed by atoms with E-state index in [2.05, 4.69) is 4.99 Å². The number of nitrogens with two attached hydrogens (primary N) is 1. The summed E-state index contributed by atoms with van der Waals surface area (Å²) in [6, 6.07) is 0. The molecule has 0 spiro atoms. The number of aliphatic imine (C=N–C) groups is 1. The summed E-state index contributed by atoms with van der Waals surface area (Å²) in [6.07, 6.45) is 6.45. The Kier molecular flexibility index (Phi) is 8.68. The normalized spacial score (nSPS) is 12.0. The van der Waals surface area contributed by atoms with Crippen LogP contribution in [0.2, 0.25) is 0 Å². The van der Waals surface area contributed by atoms with Gasteiger partial charge in [-0.2, -0.15) is 0 Å². The molecular weight excluding hydrogens is 216 g/mol. The highest BCUT2D eigenvalue weighted by atomic mass is 16.5. The van der Waals surface area contributed by atoms with E-state index in [0.29, 0.717) is 6.61 Å². The maximum Gasteiger partial charge on any atom is 0.302 e. The van der Waals surface area contributed by atoms with Crippen molar-refractivity contribution < 1.29 is 9.53 Å². The molecule has 0 heterocycles. The van der Waals surface area contributed by atoms with Gasteiger partial charge >= 0.3 is 5.97 Å². The van der Waals surface area contributed by atoms with E-state index in [9.17, 15) is 4.79 Å². The first kappa shape index (κ1) is 16.1. The van der Waals surface area contributed by atoms with Crippen LogP contribution in [0.3, 0.4) is 0 Å². The molecule has 0 aromatic carbocycles. The number of esters is 1. The van der Waals surface area contributed by atoms with E-state index in [1.54, 1.807) is 0 Å². The standard InChI is InChI=1S/C13H26N2O2/c1-12(16)17-11-13(2,3)10-15-9-7-5-4-6-8-14/h10H,4-9,11,14H2,1-3H3. The zero-order valence-corrected chi connectivity index (χ0v) is 11.4. The van der Waals surface area contributed by atoms with Crippen molar-refractivity contribution in [1.29, 1.82) is 0 Å². The fourth-order valence-electron chi connectivity index (χ4n) is 1.34. The molecule has 0 aromatic heterocycles. The van der Waals surface area contributed by atoms with Crippen LogP contribution < -0.4 is 5.73 Å². The summed E-state index contributed by atoms with van der Waals surface area (Å²) in [6.45, 7) is 7.44. The van der Waals surface area contributed by atoms with E-state index in [-0.39, 0.29) is 11.4 Å². The minimum atomic E-state index is -0.242. The SMILES string of the molecule is CC(=O)OCC(C)(C)C=NCCCCCCN. The van der Waals surface area contributed by atoms with Gasteiger partial charge in [0.2, 0.25) is 0 Å². The Labute approximate surface area is 105 Å². The topological polar surface area (TPSA) is 64.7 Å². The van der Waals surface area contributed by atoms with Gasteiger partial charge in [-0.05, 0) is 19.4 Å². The van der Waals surface area contributed by atoms with Crippen molar-refractivity contribution >= 4 is 12.2 Å². The molecule has 0 aliphatic carbocycles. The van der Waals surface area contributed by atoms with Gasteiger partial charge in [0.1, 0.15) is 6.61 Å². The predicted octanol–water partition coefficient (Wildman–Crippen LogP) is 2.17. The van der Waals surface area contributed by atoms with Gasteiger partial charge in [-0.15, -0.1) is 0 Å². The summed E-state index contributed by atoms with van der Waals surface area (Å²) in [4.78, 5) is 15.1. The molecule has 2 N–H and O–H groups in total. The molecule has 0 saturated carbocycles. The molecule has 100 valence electrons. The van der Waals surface area contributed by atoms with Gasteiger partial charge in [-0.1, -0.05) is 26.7 Å². The fraction of sp³-hybridized carbons (Fsp3) is 0.846. The lowest BCUT2D eigenvalue weighted by atomic mass is 9.97. The van der Waals surface area contributed by atoms with Crippen molar-refractivity contribution in [1.82, 2.24) is 0 Å². The largest absolute Gasteiger partial charge is 0.465 e. The zero-order chi connectivity index (χ0) is 13.1.